The second kappa shape index (κ2) is 10.7. The molecule has 0 saturated heterocycles. The quantitative estimate of drug-likeness (QED) is 0.479. The fraction of sp³-hybridized carbons (Fsp3) is 0.211. The van der Waals surface area contributed by atoms with E-state index in [4.69, 9.17) is 0 Å². The molecule has 1 aliphatic rings. The third-order valence-electron chi connectivity index (χ3n) is 3.69. The van der Waals surface area contributed by atoms with E-state index in [2.05, 4.69) is 51.3 Å². The number of amides is 1. The number of carbonyl (C=O) groups excluding carboxylic acids is 1. The van der Waals surface area contributed by atoms with Gasteiger partial charge in [-0.15, -0.1) is 8.80 Å². The van der Waals surface area contributed by atoms with Crippen LogP contribution in [0.25, 0.3) is 0 Å². The Morgan fingerprint density at radius 3 is 2.10 bits per heavy atom. The number of nitrogens with zero attached hydrogens (tertiary/aromatic N) is 3. The summed E-state index contributed by atoms with van der Waals surface area (Å²) in [6, 6.07) is 10.6. The van der Waals surface area contributed by atoms with Crippen LogP contribution in [0.1, 0.15) is 24.2 Å². The minimum absolute atomic E-state index is 0.104. The molecule has 0 radical (unpaired) electrons. The number of hydrogen-bond donors (Lipinski definition) is 3. The van der Waals surface area contributed by atoms with Crippen LogP contribution in [0.3, 0.4) is 0 Å². The van der Waals surface area contributed by atoms with E-state index in [1.165, 1.54) is 4.90 Å². The van der Waals surface area contributed by atoms with Gasteiger partial charge in [-0.2, -0.15) is 0 Å². The number of phenolic OH excluding ortho intramolecular Hbond substituents is 1. The maximum atomic E-state index is 12.4. The van der Waals surface area contributed by atoms with Crippen LogP contribution in [0.2, 0.25) is 0 Å². The molecule has 160 valence electrons. The summed E-state index contributed by atoms with van der Waals surface area (Å²) in [5.74, 6) is -0.207. The molecule has 2 aromatic carbocycles. The number of benzene rings is 2. The molecule has 2 aromatic rings. The van der Waals surface area contributed by atoms with Crippen LogP contribution in [0.5, 0.6) is 5.75 Å². The van der Waals surface area contributed by atoms with Crippen molar-refractivity contribution in [1.29, 1.82) is 0 Å². The zero-order valence-corrected chi connectivity index (χ0v) is 20.7. The highest BCUT2D eigenvalue weighted by molar-refractivity contribution is 9.11. The van der Waals surface area contributed by atoms with Crippen molar-refractivity contribution in [2.24, 2.45) is 8.80 Å². The van der Waals surface area contributed by atoms with Crippen LogP contribution >= 0.6 is 31.9 Å². The molecule has 11 heteroatoms. The molecule has 0 aliphatic carbocycles. The molecule has 0 saturated carbocycles. The van der Waals surface area contributed by atoms with Crippen LogP contribution in [0.15, 0.2) is 54.1 Å². The Bertz CT molecular complexity index is 1040. The van der Waals surface area contributed by atoms with Crippen molar-refractivity contribution in [3.8, 4) is 5.75 Å². The number of nitrogens with one attached hydrogen (secondary N) is 2. The summed E-state index contributed by atoms with van der Waals surface area (Å²) in [7, 11) is 3.18. The van der Waals surface area contributed by atoms with Crippen molar-refractivity contribution in [1.82, 2.24) is 4.90 Å². The van der Waals surface area contributed by atoms with Gasteiger partial charge < -0.3 is 20.6 Å². The first-order valence-electron chi connectivity index (χ1n) is 8.89. The van der Waals surface area contributed by atoms with Gasteiger partial charge in [0.05, 0.1) is 16.9 Å². The van der Waals surface area contributed by atoms with E-state index in [1.807, 2.05) is 38.1 Å². The largest absolute Gasteiger partial charge is 0.505 e. The molecular formula is C19H21Br2N5O3S. The third kappa shape index (κ3) is 5.46. The summed E-state index contributed by atoms with van der Waals surface area (Å²) in [5, 5.41) is 16.5. The number of aromatic hydroxyl groups is 1. The number of rotatable bonds is 3. The zero-order chi connectivity index (χ0) is 22.4. The summed E-state index contributed by atoms with van der Waals surface area (Å²) in [4.78, 5) is 13.7. The van der Waals surface area contributed by atoms with E-state index in [-0.39, 0.29) is 34.6 Å². The number of phenols is 1. The van der Waals surface area contributed by atoms with Gasteiger partial charge in [-0.3, -0.25) is 4.79 Å². The summed E-state index contributed by atoms with van der Waals surface area (Å²) < 4.78 is 21.0. The van der Waals surface area contributed by atoms with Gasteiger partial charge in [0, 0.05) is 23.0 Å². The molecule has 3 N–H and O–H groups in total. The number of halogens is 2. The molecule has 0 fully saturated rings. The smallest absolute Gasteiger partial charge is 0.269 e. The van der Waals surface area contributed by atoms with Gasteiger partial charge in [-0.1, -0.05) is 26.0 Å². The highest BCUT2D eigenvalue weighted by Crippen LogP contribution is 2.34. The van der Waals surface area contributed by atoms with Crippen molar-refractivity contribution in [2.75, 3.05) is 24.7 Å². The van der Waals surface area contributed by atoms with E-state index < -0.39 is 11.2 Å². The van der Waals surface area contributed by atoms with E-state index >= 15 is 0 Å². The van der Waals surface area contributed by atoms with Gasteiger partial charge in [0.15, 0.2) is 17.4 Å². The summed E-state index contributed by atoms with van der Waals surface area (Å²) in [6.45, 7) is 4.00. The lowest BCUT2D eigenvalue weighted by Gasteiger charge is -2.17. The zero-order valence-electron chi connectivity index (χ0n) is 16.7. The minimum atomic E-state index is -1.80. The van der Waals surface area contributed by atoms with Crippen LogP contribution < -0.4 is 10.6 Å². The topological polar surface area (TPSA) is 106 Å². The van der Waals surface area contributed by atoms with Crippen molar-refractivity contribution < 1.29 is 14.1 Å². The van der Waals surface area contributed by atoms with Gasteiger partial charge in [0.1, 0.15) is 0 Å². The molecule has 0 bridgehead atoms. The van der Waals surface area contributed by atoms with Crippen LogP contribution in [0.4, 0.5) is 11.4 Å². The molecule has 8 nitrogen and oxygen atoms in total. The van der Waals surface area contributed by atoms with Crippen molar-refractivity contribution in [2.45, 2.75) is 13.8 Å². The van der Waals surface area contributed by atoms with Crippen molar-refractivity contribution >= 4 is 72.0 Å². The molecule has 3 rings (SSSR count). The molecule has 1 atom stereocenters. The number of hydrogen-bond acceptors (Lipinski definition) is 5. The summed E-state index contributed by atoms with van der Waals surface area (Å²) >= 11 is 4.90. The van der Waals surface area contributed by atoms with Crippen LogP contribution in [0, 0.1) is 0 Å². The lowest BCUT2D eigenvalue weighted by atomic mass is 10.1. The first-order valence-corrected chi connectivity index (χ1v) is 11.5. The van der Waals surface area contributed by atoms with Crippen molar-refractivity contribution in [3.05, 3.63) is 50.9 Å². The Morgan fingerprint density at radius 1 is 0.967 bits per heavy atom. The molecule has 1 aliphatic heterocycles. The fourth-order valence-electron chi connectivity index (χ4n) is 2.34. The normalized spacial score (nSPS) is 14.8. The highest BCUT2D eigenvalue weighted by atomic mass is 79.9. The van der Waals surface area contributed by atoms with E-state index in [0.29, 0.717) is 10.2 Å². The predicted octanol–water partition coefficient (Wildman–Crippen LogP) is 4.56. The number of carbonyl (C=O) groups is 1. The van der Waals surface area contributed by atoms with Crippen LogP contribution in [-0.2, 0) is 11.2 Å². The molecule has 0 aromatic heterocycles. The highest BCUT2D eigenvalue weighted by Gasteiger charge is 2.24. The second-order valence-electron chi connectivity index (χ2n) is 5.86. The summed E-state index contributed by atoms with van der Waals surface area (Å²) in [6.07, 6.45) is 0. The lowest BCUT2D eigenvalue weighted by Crippen LogP contribution is -2.28. The molecule has 30 heavy (non-hydrogen) atoms. The van der Waals surface area contributed by atoms with Gasteiger partial charge in [-0.25, -0.2) is 4.21 Å². The van der Waals surface area contributed by atoms with E-state index in [1.54, 1.807) is 26.2 Å². The Labute approximate surface area is 194 Å². The Hall–Kier alpha value is -2.24. The van der Waals surface area contributed by atoms with Gasteiger partial charge in [-0.05, 0) is 56.1 Å². The average molecular weight is 559 g/mol. The maximum Gasteiger partial charge on any atom is 0.269 e. The molecule has 0 spiro atoms. The SMILES string of the molecule is CC.CN(C)C(=O)c1c(Br)ccc(NC2=NS(=O)N=C2Nc2ccccc2Br)c1O. The van der Waals surface area contributed by atoms with Gasteiger partial charge in [0.25, 0.3) is 17.1 Å². The maximum absolute atomic E-state index is 12.4. The molecule has 1 heterocycles. The number of amidine groups is 2. The van der Waals surface area contributed by atoms with Gasteiger partial charge >= 0.3 is 0 Å². The molecular weight excluding hydrogens is 538 g/mol. The predicted molar refractivity (Wildman–Crippen MR) is 130 cm³/mol. The van der Waals surface area contributed by atoms with E-state index in [9.17, 15) is 14.1 Å². The first kappa shape index (κ1) is 24.0. The summed E-state index contributed by atoms with van der Waals surface area (Å²) in [5.41, 5.74) is 1.04. The monoisotopic (exact) mass is 557 g/mol. The molecule has 1 unspecified atom stereocenters. The van der Waals surface area contributed by atoms with E-state index in [0.717, 1.165) is 4.47 Å². The average Bonchev–Trinajstić information content (AvgIpc) is 3.06. The fourth-order valence-corrected chi connectivity index (χ4v) is 3.83. The standard InChI is InChI=1S/C17H15Br2N5O3S.C2H6/c1-24(2)17(26)13-10(19)7-8-12(14(13)25)21-16-15(22-28(27)23-16)20-11-6-4-3-5-9(11)18;1-2/h3-8,25H,1-2H3,(H,20,22)(H,21,23);1-2H3. The lowest BCUT2D eigenvalue weighted by molar-refractivity contribution is 0.0824. The number of anilines is 2. The Kier molecular flexibility index (Phi) is 8.56. The first-order chi connectivity index (χ1) is 14.3. The Balaban J connectivity index is 0.00000155. The Morgan fingerprint density at radius 2 is 1.53 bits per heavy atom. The number of para-hydroxylation sites is 1. The van der Waals surface area contributed by atoms with Gasteiger partial charge in [0.2, 0.25) is 0 Å². The van der Waals surface area contributed by atoms with Crippen molar-refractivity contribution in [3.63, 3.8) is 0 Å². The van der Waals surface area contributed by atoms with Crippen LogP contribution in [-0.4, -0.2) is 45.9 Å². The minimum Gasteiger partial charge on any atom is -0.505 e. The second-order valence-corrected chi connectivity index (χ2v) is 8.39. The molecule has 1 amide bonds. The third-order valence-corrected chi connectivity index (χ3v) is 5.72.